The van der Waals surface area contributed by atoms with Crippen molar-refractivity contribution in [3.63, 3.8) is 0 Å². The largest absolute Gasteiger partial charge is 0.315 e. The summed E-state index contributed by atoms with van der Waals surface area (Å²) in [6.07, 6.45) is 3.33. The number of carbonyl (C=O) groups is 2. The average molecular weight is 381 g/mol. The van der Waals surface area contributed by atoms with Crippen LogP contribution >= 0.6 is 11.6 Å². The van der Waals surface area contributed by atoms with E-state index < -0.39 is 28.1 Å². The first-order valence-electron chi connectivity index (χ1n) is 8.97. The Kier molecular flexibility index (Phi) is 3.41. The fraction of sp³-hybridized carbons (Fsp3) is 0.409. The van der Waals surface area contributed by atoms with Gasteiger partial charge in [-0.1, -0.05) is 49.7 Å². The Morgan fingerprint density at radius 1 is 1.30 bits per heavy atom. The van der Waals surface area contributed by atoms with E-state index in [1.165, 1.54) is 0 Å². The number of amides is 1. The molecule has 1 amide bonds. The van der Waals surface area contributed by atoms with Crippen LogP contribution in [0.1, 0.15) is 37.8 Å². The molecule has 5 heteroatoms. The fourth-order valence-electron chi connectivity index (χ4n) is 5.29. The van der Waals surface area contributed by atoms with Crippen LogP contribution < -0.4 is 4.90 Å². The summed E-state index contributed by atoms with van der Waals surface area (Å²) in [5.41, 5.74) is -1.19. The van der Waals surface area contributed by atoms with Gasteiger partial charge in [0.05, 0.1) is 17.4 Å². The van der Waals surface area contributed by atoms with E-state index in [-0.39, 0.29) is 11.7 Å². The van der Waals surface area contributed by atoms with E-state index >= 15 is 0 Å². The smallest absolute Gasteiger partial charge is 0.234 e. The third-order valence-electron chi connectivity index (χ3n) is 7.08. The van der Waals surface area contributed by atoms with Crippen molar-refractivity contribution >= 4 is 29.0 Å². The third kappa shape index (κ3) is 1.70. The van der Waals surface area contributed by atoms with Gasteiger partial charge in [-0.05, 0) is 29.5 Å². The van der Waals surface area contributed by atoms with Gasteiger partial charge >= 0.3 is 0 Å². The van der Waals surface area contributed by atoms with Crippen molar-refractivity contribution in [1.82, 2.24) is 0 Å². The molecule has 0 spiro atoms. The molecule has 0 saturated heterocycles. The molecule has 2 bridgehead atoms. The molecule has 2 aliphatic carbocycles. The molecule has 1 aromatic rings. The average Bonchev–Trinajstić information content (AvgIpc) is 2.88. The van der Waals surface area contributed by atoms with Crippen molar-refractivity contribution in [2.24, 2.45) is 16.7 Å². The van der Waals surface area contributed by atoms with Gasteiger partial charge in [0.25, 0.3) is 0 Å². The van der Waals surface area contributed by atoms with Gasteiger partial charge < -0.3 is 4.90 Å². The molecule has 4 rings (SSSR count). The molecule has 0 fully saturated rings. The van der Waals surface area contributed by atoms with Gasteiger partial charge in [0.2, 0.25) is 5.91 Å². The summed E-state index contributed by atoms with van der Waals surface area (Å²) in [5.74, 6) is -1.41. The SMILES string of the molecule is C=C[C@]1(C)C(Cl)=C[C@H]2C(=O)[C@]1(C#N)c1cccc3c1[C@@H](C(=O)N3C)C2(C)C. The molecule has 0 saturated carbocycles. The number of nitrogens with zero attached hydrogens (tertiary/aromatic N) is 2. The van der Waals surface area contributed by atoms with E-state index in [1.54, 1.807) is 43.2 Å². The van der Waals surface area contributed by atoms with Gasteiger partial charge in [-0.25, -0.2) is 0 Å². The Balaban J connectivity index is 2.26. The predicted molar refractivity (Wildman–Crippen MR) is 104 cm³/mol. The van der Waals surface area contributed by atoms with Crippen molar-refractivity contribution < 1.29 is 9.59 Å². The number of allylic oxidation sites excluding steroid dienone is 3. The van der Waals surface area contributed by atoms with Crippen LogP contribution in [0.25, 0.3) is 0 Å². The Labute approximate surface area is 164 Å². The minimum atomic E-state index is -1.52. The molecule has 27 heavy (non-hydrogen) atoms. The van der Waals surface area contributed by atoms with E-state index in [4.69, 9.17) is 11.6 Å². The van der Waals surface area contributed by atoms with Crippen molar-refractivity contribution in [3.8, 4) is 6.07 Å². The van der Waals surface area contributed by atoms with E-state index in [0.29, 0.717) is 10.6 Å². The maximum atomic E-state index is 13.8. The Morgan fingerprint density at radius 3 is 2.56 bits per heavy atom. The molecule has 0 aromatic heterocycles. The number of Topliss-reactive ketones (excluding diaryl/α,β-unsaturated/α-hetero) is 1. The highest BCUT2D eigenvalue weighted by Gasteiger charge is 2.67. The minimum Gasteiger partial charge on any atom is -0.315 e. The van der Waals surface area contributed by atoms with Crippen LogP contribution in [0.4, 0.5) is 5.69 Å². The zero-order chi connectivity index (χ0) is 19.9. The zero-order valence-electron chi connectivity index (χ0n) is 15.8. The highest BCUT2D eigenvalue weighted by Crippen LogP contribution is 2.64. The van der Waals surface area contributed by atoms with Gasteiger partial charge in [0.15, 0.2) is 11.2 Å². The normalized spacial score (nSPS) is 35.9. The number of hydrogen-bond acceptors (Lipinski definition) is 3. The first kappa shape index (κ1) is 18.0. The second-order valence-corrected chi connectivity index (χ2v) is 8.92. The summed E-state index contributed by atoms with van der Waals surface area (Å²) >= 11 is 6.69. The summed E-state index contributed by atoms with van der Waals surface area (Å²) in [5, 5.41) is 10.8. The van der Waals surface area contributed by atoms with Crippen LogP contribution in [0.5, 0.6) is 0 Å². The number of hydrogen-bond donors (Lipinski definition) is 0. The molecular formula is C22H21ClN2O2. The lowest BCUT2D eigenvalue weighted by Crippen LogP contribution is -2.55. The molecule has 1 heterocycles. The maximum Gasteiger partial charge on any atom is 0.234 e. The standard InChI is InChI=1S/C22H21ClN2O2/c1-6-21(4)15(23)10-13-18(26)22(21,11-24)12-8-7-9-14-16(12)17(20(13,2)3)19(27)25(14)5/h6-10,13,17H,1H2,2-5H3/t13-,17-,21+,22-/m0/s1. The number of anilines is 1. The zero-order valence-corrected chi connectivity index (χ0v) is 16.6. The van der Waals surface area contributed by atoms with Crippen LogP contribution in [0.2, 0.25) is 0 Å². The second kappa shape index (κ2) is 5.11. The lowest BCUT2D eigenvalue weighted by Gasteiger charge is -2.47. The molecule has 138 valence electrons. The van der Waals surface area contributed by atoms with Crippen LogP contribution in [0.3, 0.4) is 0 Å². The molecular weight excluding hydrogens is 360 g/mol. The molecule has 1 aromatic carbocycles. The van der Waals surface area contributed by atoms with Crippen molar-refractivity contribution in [3.05, 3.63) is 53.1 Å². The number of benzene rings is 1. The summed E-state index contributed by atoms with van der Waals surface area (Å²) in [7, 11) is 1.74. The molecule has 0 unspecified atom stereocenters. The number of likely N-dealkylation sites (N-methyl/N-ethyl adjacent to an activating group) is 1. The lowest BCUT2D eigenvalue weighted by molar-refractivity contribution is -0.132. The Hall–Kier alpha value is -2.38. The van der Waals surface area contributed by atoms with Crippen molar-refractivity contribution in [2.45, 2.75) is 32.1 Å². The van der Waals surface area contributed by atoms with Crippen LogP contribution in [0, 0.1) is 28.1 Å². The molecule has 1 aliphatic heterocycles. The predicted octanol–water partition coefficient (Wildman–Crippen LogP) is 4.06. The molecule has 4 atom stereocenters. The first-order valence-corrected chi connectivity index (χ1v) is 9.35. The number of carbonyl (C=O) groups excluding carboxylic acids is 2. The number of fused-ring (bicyclic) bond motifs is 3. The van der Waals surface area contributed by atoms with Crippen LogP contribution in [-0.4, -0.2) is 18.7 Å². The quantitative estimate of drug-likeness (QED) is 0.690. The van der Waals surface area contributed by atoms with E-state index in [0.717, 1.165) is 11.3 Å². The topological polar surface area (TPSA) is 61.2 Å². The Bertz CT molecular complexity index is 1000. The van der Waals surface area contributed by atoms with Gasteiger partial charge in [0.1, 0.15) is 0 Å². The monoisotopic (exact) mass is 380 g/mol. The summed E-state index contributed by atoms with van der Waals surface area (Å²) < 4.78 is 0. The molecule has 0 radical (unpaired) electrons. The molecule has 0 N–H and O–H groups in total. The van der Waals surface area contributed by atoms with Crippen LogP contribution in [-0.2, 0) is 15.0 Å². The summed E-state index contributed by atoms with van der Waals surface area (Å²) in [4.78, 5) is 28.7. The van der Waals surface area contributed by atoms with Crippen molar-refractivity contribution in [2.75, 3.05) is 11.9 Å². The summed E-state index contributed by atoms with van der Waals surface area (Å²) in [6, 6.07) is 7.81. The number of halogens is 1. The van der Waals surface area contributed by atoms with E-state index in [9.17, 15) is 14.9 Å². The third-order valence-corrected chi connectivity index (χ3v) is 7.59. The van der Waals surface area contributed by atoms with E-state index in [2.05, 4.69) is 12.6 Å². The van der Waals surface area contributed by atoms with Gasteiger partial charge in [0, 0.05) is 23.7 Å². The highest BCUT2D eigenvalue weighted by molar-refractivity contribution is 6.32. The first-order chi connectivity index (χ1) is 12.6. The van der Waals surface area contributed by atoms with Gasteiger partial charge in [-0.15, -0.1) is 6.58 Å². The number of rotatable bonds is 1. The molecule has 4 nitrogen and oxygen atoms in total. The van der Waals surface area contributed by atoms with Crippen LogP contribution in [0.15, 0.2) is 42.0 Å². The molecule has 3 aliphatic rings. The summed E-state index contributed by atoms with van der Waals surface area (Å²) in [6.45, 7) is 9.52. The maximum absolute atomic E-state index is 13.8. The Morgan fingerprint density at radius 2 is 1.96 bits per heavy atom. The lowest BCUT2D eigenvalue weighted by atomic mass is 9.53. The van der Waals surface area contributed by atoms with Gasteiger partial charge in [-0.3, -0.25) is 9.59 Å². The highest BCUT2D eigenvalue weighted by atomic mass is 35.5. The second-order valence-electron chi connectivity index (χ2n) is 8.51. The number of ketones is 1. The number of nitriles is 1. The van der Waals surface area contributed by atoms with E-state index in [1.807, 2.05) is 19.9 Å². The fourth-order valence-corrected chi connectivity index (χ4v) is 5.64. The van der Waals surface area contributed by atoms with Gasteiger partial charge in [-0.2, -0.15) is 5.26 Å². The minimum absolute atomic E-state index is 0.0549. The van der Waals surface area contributed by atoms with Crippen molar-refractivity contribution in [1.29, 1.82) is 5.26 Å².